The average molecular weight is 193 g/mol. The minimum Gasteiger partial charge on any atom is -0.490 e. The first-order valence-corrected chi connectivity index (χ1v) is 5.41. The van der Waals surface area contributed by atoms with Crippen LogP contribution < -0.4 is 4.74 Å². The second-order valence-electron chi connectivity index (χ2n) is 3.40. The van der Waals surface area contributed by atoms with Crippen LogP contribution >= 0.6 is 0 Å². The predicted molar refractivity (Wildman–Crippen MR) is 60.7 cm³/mol. The molecule has 0 spiro atoms. The number of rotatable bonds is 6. The van der Waals surface area contributed by atoms with E-state index < -0.39 is 0 Å². The Bertz CT molecular complexity index is 260. The monoisotopic (exact) mass is 193 g/mol. The first kappa shape index (κ1) is 9.57. The molecular weight excluding hydrogens is 172 g/mol. The summed E-state index contributed by atoms with van der Waals surface area (Å²) in [6.45, 7) is 4.17. The van der Waals surface area contributed by atoms with Crippen LogP contribution in [-0.2, 0) is 0 Å². The van der Waals surface area contributed by atoms with Gasteiger partial charge in [-0.15, -0.1) is 0 Å². The quantitative estimate of drug-likeness (QED) is 0.662. The van der Waals surface area contributed by atoms with E-state index in [2.05, 4.69) is 6.92 Å². The fraction of sp³-hybridized carbons (Fsp3) is 0.538. The number of ether oxygens (including phenoxy) is 1. The zero-order chi connectivity index (χ0) is 11.1. The largest absolute Gasteiger partial charge is 0.490 e. The Morgan fingerprint density at radius 2 is 1.93 bits per heavy atom. The molecule has 0 aromatic heterocycles. The van der Waals surface area contributed by atoms with E-state index in [1.54, 1.807) is 0 Å². The molecule has 0 heterocycles. The minimum absolute atomic E-state index is 0.0300. The molecular formula is C13H20O. The zero-order valence-electron chi connectivity index (χ0n) is 10.1. The van der Waals surface area contributed by atoms with Gasteiger partial charge in [0.15, 0.2) is 0 Å². The van der Waals surface area contributed by atoms with Gasteiger partial charge in [0.25, 0.3) is 0 Å². The van der Waals surface area contributed by atoms with Crippen LogP contribution in [0, 0.1) is 0 Å². The van der Waals surface area contributed by atoms with Gasteiger partial charge in [0, 0.05) is 1.37 Å². The zero-order valence-corrected chi connectivity index (χ0v) is 9.07. The van der Waals surface area contributed by atoms with Gasteiger partial charge >= 0.3 is 0 Å². The van der Waals surface area contributed by atoms with Gasteiger partial charge in [-0.3, -0.25) is 0 Å². The Hall–Kier alpha value is -0.980. The third kappa shape index (κ3) is 3.82. The molecule has 0 radical (unpaired) electrons. The summed E-state index contributed by atoms with van der Waals surface area (Å²) in [5, 5.41) is 0. The van der Waals surface area contributed by atoms with Crippen molar-refractivity contribution in [3.63, 3.8) is 0 Å². The summed E-state index contributed by atoms with van der Waals surface area (Å²) >= 11 is 0. The molecule has 78 valence electrons. The highest BCUT2D eigenvalue weighted by Gasteiger charge is 2.07. The van der Waals surface area contributed by atoms with Gasteiger partial charge in [0.1, 0.15) is 5.75 Å². The lowest BCUT2D eigenvalue weighted by Crippen LogP contribution is -2.15. The summed E-state index contributed by atoms with van der Waals surface area (Å²) in [6, 6.07) is 9.79. The lowest BCUT2D eigenvalue weighted by atomic mass is 10.1. The van der Waals surface area contributed by atoms with Crippen molar-refractivity contribution in [3.8, 4) is 5.75 Å². The van der Waals surface area contributed by atoms with Crippen molar-refractivity contribution >= 4 is 0 Å². The topological polar surface area (TPSA) is 9.23 Å². The molecule has 0 bridgehead atoms. The van der Waals surface area contributed by atoms with Crippen LogP contribution in [0.1, 0.15) is 40.9 Å². The second kappa shape index (κ2) is 6.47. The minimum atomic E-state index is -0.120. The average Bonchev–Trinajstić information content (AvgIpc) is 2.29. The van der Waals surface area contributed by atoms with E-state index >= 15 is 0 Å². The van der Waals surface area contributed by atoms with E-state index in [0.717, 1.165) is 25.0 Å². The standard InChI is InChI=1S/C13H20O/c1-3-8-12(9-4-2)14-13-10-6-5-7-11-13/h5-7,10-12H,3-4,8-9H2,1-2H3/i8D/t8-,12?/m0/s1. The van der Waals surface area contributed by atoms with Crippen LogP contribution in [0.4, 0.5) is 0 Å². The van der Waals surface area contributed by atoms with Crippen LogP contribution in [-0.4, -0.2) is 6.10 Å². The lowest BCUT2D eigenvalue weighted by molar-refractivity contribution is 0.179. The summed E-state index contributed by atoms with van der Waals surface area (Å²) in [5.74, 6) is 0.877. The maximum absolute atomic E-state index is 7.91. The molecule has 1 aromatic carbocycles. The molecule has 1 heteroatoms. The van der Waals surface area contributed by atoms with Gasteiger partial charge < -0.3 is 4.74 Å². The van der Waals surface area contributed by atoms with Crippen LogP contribution in [0.25, 0.3) is 0 Å². The SMILES string of the molecule is [2H][C@@H](CC)C(CCC)Oc1ccccc1. The van der Waals surface area contributed by atoms with Crippen molar-refractivity contribution in [1.82, 2.24) is 0 Å². The summed E-state index contributed by atoms with van der Waals surface area (Å²) in [7, 11) is 0. The number of para-hydroxylation sites is 1. The summed E-state index contributed by atoms with van der Waals surface area (Å²) in [4.78, 5) is 0. The smallest absolute Gasteiger partial charge is 0.119 e. The Balaban J connectivity index is 2.58. The van der Waals surface area contributed by atoms with Gasteiger partial charge in [-0.2, -0.15) is 0 Å². The van der Waals surface area contributed by atoms with Crippen LogP contribution in [0.2, 0.25) is 0 Å². The van der Waals surface area contributed by atoms with Gasteiger partial charge in [0.05, 0.1) is 6.10 Å². The Morgan fingerprint density at radius 1 is 1.21 bits per heavy atom. The van der Waals surface area contributed by atoms with E-state index in [4.69, 9.17) is 6.11 Å². The Kier molecular flexibility index (Phi) is 4.42. The molecule has 1 rings (SSSR count). The van der Waals surface area contributed by atoms with Gasteiger partial charge in [-0.1, -0.05) is 44.9 Å². The molecule has 0 fully saturated rings. The van der Waals surface area contributed by atoms with Crippen molar-refractivity contribution in [2.24, 2.45) is 0 Å². The first-order valence-electron chi connectivity index (χ1n) is 5.99. The molecule has 0 saturated heterocycles. The molecule has 2 atom stereocenters. The highest BCUT2D eigenvalue weighted by atomic mass is 16.5. The number of hydrogen-bond donors (Lipinski definition) is 0. The lowest BCUT2D eigenvalue weighted by Gasteiger charge is -2.17. The molecule has 0 aliphatic carbocycles. The molecule has 0 saturated carbocycles. The van der Waals surface area contributed by atoms with Gasteiger partial charge in [-0.05, 0) is 25.0 Å². The Morgan fingerprint density at radius 3 is 2.50 bits per heavy atom. The van der Waals surface area contributed by atoms with E-state index in [1.165, 1.54) is 0 Å². The van der Waals surface area contributed by atoms with Crippen molar-refractivity contribution in [1.29, 1.82) is 0 Å². The molecule has 0 N–H and O–H groups in total. The number of hydrogen-bond acceptors (Lipinski definition) is 1. The fourth-order valence-electron chi connectivity index (χ4n) is 1.45. The second-order valence-corrected chi connectivity index (χ2v) is 3.40. The molecule has 0 amide bonds. The summed E-state index contributed by atoms with van der Waals surface area (Å²) in [6.07, 6.45) is 2.77. The van der Waals surface area contributed by atoms with Crippen molar-refractivity contribution in [2.75, 3.05) is 0 Å². The van der Waals surface area contributed by atoms with E-state index in [-0.39, 0.29) is 12.5 Å². The third-order valence-electron chi connectivity index (χ3n) is 2.10. The maximum atomic E-state index is 7.91. The molecule has 1 unspecified atom stereocenters. The fourth-order valence-corrected chi connectivity index (χ4v) is 1.45. The van der Waals surface area contributed by atoms with Crippen molar-refractivity contribution < 1.29 is 6.11 Å². The highest BCUT2D eigenvalue weighted by molar-refractivity contribution is 5.21. The predicted octanol–water partition coefficient (Wildman–Crippen LogP) is 4.03. The van der Waals surface area contributed by atoms with Crippen LogP contribution in [0.15, 0.2) is 30.3 Å². The van der Waals surface area contributed by atoms with Crippen molar-refractivity contribution in [3.05, 3.63) is 30.3 Å². The van der Waals surface area contributed by atoms with Gasteiger partial charge in [0.2, 0.25) is 0 Å². The molecule has 0 aliphatic heterocycles. The molecule has 0 aliphatic rings. The van der Waals surface area contributed by atoms with Crippen molar-refractivity contribution in [2.45, 2.75) is 45.6 Å². The molecule has 1 nitrogen and oxygen atoms in total. The molecule has 1 aromatic rings. The van der Waals surface area contributed by atoms with E-state index in [0.29, 0.717) is 0 Å². The summed E-state index contributed by atoms with van der Waals surface area (Å²) < 4.78 is 13.7. The van der Waals surface area contributed by atoms with E-state index in [9.17, 15) is 0 Å². The third-order valence-corrected chi connectivity index (χ3v) is 2.10. The number of benzene rings is 1. The van der Waals surface area contributed by atoms with Gasteiger partial charge in [-0.25, -0.2) is 0 Å². The Labute approximate surface area is 88.5 Å². The molecule has 14 heavy (non-hydrogen) atoms. The van der Waals surface area contributed by atoms with Crippen LogP contribution in [0.3, 0.4) is 0 Å². The highest BCUT2D eigenvalue weighted by Crippen LogP contribution is 2.16. The normalized spacial score (nSPS) is 15.7. The summed E-state index contributed by atoms with van der Waals surface area (Å²) in [5.41, 5.74) is 0. The first-order chi connectivity index (χ1) is 7.27. The maximum Gasteiger partial charge on any atom is 0.119 e. The van der Waals surface area contributed by atoms with Crippen LogP contribution in [0.5, 0.6) is 5.75 Å². The van der Waals surface area contributed by atoms with E-state index in [1.807, 2.05) is 37.3 Å².